The summed E-state index contributed by atoms with van der Waals surface area (Å²) in [6.45, 7) is 1.26. The Hall–Kier alpha value is -0.190. The predicted octanol–water partition coefficient (Wildman–Crippen LogP) is 4.00. The molecule has 1 aromatic carbocycles. The largest absolute Gasteiger partial charge is 0.398 e. The summed E-state index contributed by atoms with van der Waals surface area (Å²) in [6, 6.07) is 6.84. The lowest BCUT2D eigenvalue weighted by Crippen LogP contribution is -2.36. The van der Waals surface area contributed by atoms with Crippen LogP contribution in [0, 0.1) is 0 Å². The van der Waals surface area contributed by atoms with Crippen LogP contribution in [0.5, 0.6) is 0 Å². The predicted molar refractivity (Wildman–Crippen MR) is 84.2 cm³/mol. The molecule has 1 fully saturated rings. The molecule has 1 atom stereocenters. The molecule has 100 valence electrons. The number of hydrogen-bond acceptors (Lipinski definition) is 3. The van der Waals surface area contributed by atoms with Crippen LogP contribution in [0.15, 0.2) is 27.6 Å². The van der Waals surface area contributed by atoms with E-state index in [1.54, 1.807) is 0 Å². The molecular weight excluding hydrogens is 308 g/mol. The van der Waals surface area contributed by atoms with Crippen molar-refractivity contribution < 1.29 is 0 Å². The molecule has 0 aromatic heterocycles. The second-order valence-corrected chi connectivity index (χ2v) is 7.00. The first kappa shape index (κ1) is 14.2. The Kier molecular flexibility index (Phi) is 5.39. The molecule has 0 bridgehead atoms. The smallest absolute Gasteiger partial charge is 0.0453 e. The first-order valence-electron chi connectivity index (χ1n) is 6.55. The summed E-state index contributed by atoms with van der Waals surface area (Å²) in [5, 5.41) is 0. The molecule has 0 amide bonds. The van der Waals surface area contributed by atoms with Gasteiger partial charge in [0.2, 0.25) is 0 Å². The number of benzene rings is 1. The van der Waals surface area contributed by atoms with E-state index in [0.717, 1.165) is 22.0 Å². The summed E-state index contributed by atoms with van der Waals surface area (Å²) in [6.07, 6.45) is 5.36. The van der Waals surface area contributed by atoms with Crippen LogP contribution in [0.25, 0.3) is 0 Å². The maximum atomic E-state index is 5.98. The van der Waals surface area contributed by atoms with Crippen LogP contribution < -0.4 is 5.73 Å². The van der Waals surface area contributed by atoms with Gasteiger partial charge >= 0.3 is 0 Å². The Bertz CT molecular complexity index is 397. The van der Waals surface area contributed by atoms with Crippen molar-refractivity contribution in [3.05, 3.63) is 22.7 Å². The topological polar surface area (TPSA) is 29.3 Å². The fourth-order valence-electron chi connectivity index (χ4n) is 2.45. The average molecular weight is 329 g/mol. The van der Waals surface area contributed by atoms with Gasteiger partial charge in [-0.25, -0.2) is 0 Å². The number of hydrogen-bond donors (Lipinski definition) is 1. The second kappa shape index (κ2) is 6.83. The third-order valence-corrected chi connectivity index (χ3v) is 5.20. The van der Waals surface area contributed by atoms with E-state index in [1.165, 1.54) is 37.1 Å². The van der Waals surface area contributed by atoms with Gasteiger partial charge < -0.3 is 10.6 Å². The summed E-state index contributed by atoms with van der Waals surface area (Å²) in [5.74, 6) is 1.15. The Morgan fingerprint density at radius 1 is 1.44 bits per heavy atom. The van der Waals surface area contributed by atoms with E-state index >= 15 is 0 Å². The van der Waals surface area contributed by atoms with Gasteiger partial charge in [-0.3, -0.25) is 0 Å². The van der Waals surface area contributed by atoms with Gasteiger partial charge in [-0.05, 0) is 56.8 Å². The molecule has 0 saturated carbocycles. The Labute approximate surface area is 122 Å². The third kappa shape index (κ3) is 3.90. The molecule has 2 N–H and O–H groups in total. The minimum Gasteiger partial charge on any atom is -0.398 e. The average Bonchev–Trinajstić information content (AvgIpc) is 2.36. The summed E-state index contributed by atoms with van der Waals surface area (Å²) in [4.78, 5) is 3.71. The number of rotatable bonds is 4. The van der Waals surface area contributed by atoms with Crippen molar-refractivity contribution in [3.8, 4) is 0 Å². The van der Waals surface area contributed by atoms with Crippen LogP contribution in [-0.4, -0.2) is 30.3 Å². The summed E-state index contributed by atoms with van der Waals surface area (Å²) in [7, 11) is 2.25. The number of nitrogens with zero attached hydrogens (tertiary/aromatic N) is 1. The van der Waals surface area contributed by atoms with Crippen LogP contribution in [-0.2, 0) is 0 Å². The Morgan fingerprint density at radius 2 is 2.28 bits per heavy atom. The fourth-order valence-corrected chi connectivity index (χ4v) is 4.01. The van der Waals surface area contributed by atoms with Gasteiger partial charge in [0.05, 0.1) is 0 Å². The maximum absolute atomic E-state index is 5.98. The molecule has 1 aliphatic rings. The SMILES string of the molecule is CN1CCCCC1CCSc1cc(Br)ccc1N. The first-order valence-corrected chi connectivity index (χ1v) is 8.33. The zero-order valence-corrected chi connectivity index (χ0v) is 13.3. The van der Waals surface area contributed by atoms with Crippen molar-refractivity contribution in [1.29, 1.82) is 0 Å². The minimum absolute atomic E-state index is 0.764. The van der Waals surface area contributed by atoms with E-state index in [2.05, 4.69) is 33.9 Å². The lowest BCUT2D eigenvalue weighted by molar-refractivity contribution is 0.182. The molecule has 2 rings (SSSR count). The fraction of sp³-hybridized carbons (Fsp3) is 0.571. The minimum atomic E-state index is 0.764. The molecule has 1 heterocycles. The highest BCUT2D eigenvalue weighted by Crippen LogP contribution is 2.30. The normalized spacial score (nSPS) is 21.1. The lowest BCUT2D eigenvalue weighted by atomic mass is 10.0. The molecule has 0 aliphatic carbocycles. The standard InChI is InChI=1S/C14H21BrN2S/c1-17-8-3-2-4-12(17)7-9-18-14-10-11(15)5-6-13(14)16/h5-6,10,12H,2-4,7-9,16H2,1H3. The van der Waals surface area contributed by atoms with Gasteiger partial charge in [-0.15, -0.1) is 11.8 Å². The zero-order valence-electron chi connectivity index (χ0n) is 10.9. The molecule has 2 nitrogen and oxygen atoms in total. The summed E-state index contributed by atoms with van der Waals surface area (Å²) in [5.41, 5.74) is 6.87. The zero-order chi connectivity index (χ0) is 13.0. The molecule has 1 aliphatic heterocycles. The van der Waals surface area contributed by atoms with Gasteiger partial charge in [0.15, 0.2) is 0 Å². The number of nitrogens with two attached hydrogens (primary N) is 1. The van der Waals surface area contributed by atoms with Crippen LogP contribution in [0.2, 0.25) is 0 Å². The van der Waals surface area contributed by atoms with Crippen LogP contribution in [0.3, 0.4) is 0 Å². The van der Waals surface area contributed by atoms with E-state index < -0.39 is 0 Å². The monoisotopic (exact) mass is 328 g/mol. The van der Waals surface area contributed by atoms with E-state index in [-0.39, 0.29) is 0 Å². The first-order chi connectivity index (χ1) is 8.66. The molecule has 0 spiro atoms. The molecule has 1 saturated heterocycles. The maximum Gasteiger partial charge on any atom is 0.0453 e. The van der Waals surface area contributed by atoms with Crippen LogP contribution >= 0.6 is 27.7 Å². The number of nitrogen functional groups attached to an aromatic ring is 1. The van der Waals surface area contributed by atoms with Crippen molar-refractivity contribution in [2.45, 2.75) is 36.6 Å². The highest BCUT2D eigenvalue weighted by Gasteiger charge is 2.18. The van der Waals surface area contributed by atoms with E-state index in [4.69, 9.17) is 5.73 Å². The van der Waals surface area contributed by atoms with Crippen molar-refractivity contribution >= 4 is 33.4 Å². The van der Waals surface area contributed by atoms with E-state index in [9.17, 15) is 0 Å². The van der Waals surface area contributed by atoms with Crippen molar-refractivity contribution in [3.63, 3.8) is 0 Å². The summed E-state index contributed by atoms with van der Waals surface area (Å²) >= 11 is 5.37. The number of thioether (sulfide) groups is 1. The Balaban J connectivity index is 1.82. The van der Waals surface area contributed by atoms with Crippen LogP contribution in [0.1, 0.15) is 25.7 Å². The second-order valence-electron chi connectivity index (χ2n) is 4.95. The van der Waals surface area contributed by atoms with Gasteiger partial charge in [0.1, 0.15) is 0 Å². The highest BCUT2D eigenvalue weighted by molar-refractivity contribution is 9.10. The van der Waals surface area contributed by atoms with Gasteiger partial charge in [-0.2, -0.15) is 0 Å². The van der Waals surface area contributed by atoms with Gasteiger partial charge in [0, 0.05) is 21.1 Å². The third-order valence-electron chi connectivity index (χ3n) is 3.61. The molecule has 1 unspecified atom stereocenters. The van der Waals surface area contributed by atoms with E-state index in [1.807, 2.05) is 23.9 Å². The van der Waals surface area contributed by atoms with Crippen molar-refractivity contribution in [1.82, 2.24) is 4.90 Å². The molecule has 1 aromatic rings. The number of likely N-dealkylation sites (tertiary alicyclic amines) is 1. The number of halogens is 1. The quantitative estimate of drug-likeness (QED) is 0.669. The van der Waals surface area contributed by atoms with E-state index in [0.29, 0.717) is 0 Å². The molecule has 18 heavy (non-hydrogen) atoms. The molecule has 4 heteroatoms. The molecule has 0 radical (unpaired) electrons. The van der Waals surface area contributed by atoms with Crippen molar-refractivity contribution in [2.24, 2.45) is 0 Å². The van der Waals surface area contributed by atoms with Crippen molar-refractivity contribution in [2.75, 3.05) is 25.1 Å². The number of piperidine rings is 1. The summed E-state index contributed by atoms with van der Waals surface area (Å²) < 4.78 is 1.11. The lowest BCUT2D eigenvalue weighted by Gasteiger charge is -2.32. The van der Waals surface area contributed by atoms with Gasteiger partial charge in [0.25, 0.3) is 0 Å². The van der Waals surface area contributed by atoms with Crippen LogP contribution in [0.4, 0.5) is 5.69 Å². The Morgan fingerprint density at radius 3 is 3.06 bits per heavy atom. The van der Waals surface area contributed by atoms with Gasteiger partial charge in [-0.1, -0.05) is 22.4 Å². The molecular formula is C14H21BrN2S. The highest BCUT2D eigenvalue weighted by atomic mass is 79.9. The number of anilines is 1.